The Kier molecular flexibility index (Phi) is 6.09. The van der Waals surface area contributed by atoms with E-state index in [1.54, 1.807) is 30.3 Å². The minimum Gasteiger partial charge on any atom is -0.508 e. The molecule has 0 saturated heterocycles. The minimum atomic E-state index is -0.304. The molecule has 0 aliphatic carbocycles. The Balaban J connectivity index is 1.81. The molecular weight excluding hydrogens is 495 g/mol. The normalized spacial score (nSPS) is 18.8. The predicted molar refractivity (Wildman–Crippen MR) is 123 cm³/mol. The molecule has 1 heterocycles. The highest BCUT2D eigenvalue weighted by Gasteiger charge is 2.27. The average Bonchev–Trinajstić information content (AvgIpc) is 2.69. The second kappa shape index (κ2) is 8.58. The third-order valence-corrected chi connectivity index (χ3v) is 6.00. The first-order chi connectivity index (χ1) is 13.9. The van der Waals surface area contributed by atoms with Crippen LogP contribution in [-0.2, 0) is 0 Å². The minimum absolute atomic E-state index is 0.166. The van der Waals surface area contributed by atoms with Crippen LogP contribution in [0.1, 0.15) is 28.9 Å². The molecule has 0 spiro atoms. The van der Waals surface area contributed by atoms with Gasteiger partial charge in [0, 0.05) is 36.4 Å². The lowest BCUT2D eigenvalue weighted by atomic mass is 9.98. The smallest absolute Gasteiger partial charge is 0.120 e. The van der Waals surface area contributed by atoms with Crippen molar-refractivity contribution >= 4 is 56.4 Å². The van der Waals surface area contributed by atoms with Gasteiger partial charge in [0.05, 0.1) is 6.04 Å². The number of phenols is 1. The van der Waals surface area contributed by atoms with Gasteiger partial charge in [-0.1, -0.05) is 68.9 Å². The molecule has 0 aromatic heterocycles. The Morgan fingerprint density at radius 1 is 0.862 bits per heavy atom. The Hall–Kier alpha value is -1.69. The molecule has 0 radical (unpaired) electrons. The molecule has 0 saturated carbocycles. The van der Waals surface area contributed by atoms with Gasteiger partial charge in [0.25, 0.3) is 0 Å². The maximum atomic E-state index is 10.4. The summed E-state index contributed by atoms with van der Waals surface area (Å²) in [4.78, 5) is 0. The van der Waals surface area contributed by atoms with E-state index in [4.69, 9.17) is 34.8 Å². The van der Waals surface area contributed by atoms with E-state index in [0.29, 0.717) is 20.6 Å². The van der Waals surface area contributed by atoms with E-state index in [1.807, 2.05) is 36.4 Å². The zero-order chi connectivity index (χ0) is 20.5. The summed E-state index contributed by atoms with van der Waals surface area (Å²) < 4.78 is 0.972. The third-order valence-electron chi connectivity index (χ3n) is 4.71. The summed E-state index contributed by atoms with van der Waals surface area (Å²) in [6.45, 7) is 0. The van der Waals surface area contributed by atoms with Crippen molar-refractivity contribution in [3.05, 3.63) is 103 Å². The van der Waals surface area contributed by atoms with Gasteiger partial charge in [0.1, 0.15) is 11.9 Å². The van der Waals surface area contributed by atoms with Gasteiger partial charge in [-0.2, -0.15) is 0 Å². The molecule has 3 aromatic carbocycles. The summed E-state index contributed by atoms with van der Waals surface area (Å²) in [5.74, 6) is 0.166. The van der Waals surface area contributed by atoms with E-state index >= 15 is 0 Å². The van der Waals surface area contributed by atoms with Crippen molar-refractivity contribution < 1.29 is 5.11 Å². The third kappa shape index (κ3) is 4.57. The van der Waals surface area contributed by atoms with Crippen LogP contribution >= 0.6 is 50.7 Å². The number of aromatic hydroxyl groups is 1. The van der Waals surface area contributed by atoms with Gasteiger partial charge in [0.2, 0.25) is 0 Å². The number of benzene rings is 3. The van der Waals surface area contributed by atoms with E-state index in [2.05, 4.69) is 26.6 Å². The van der Waals surface area contributed by atoms with Crippen molar-refractivity contribution in [3.63, 3.8) is 0 Å². The quantitative estimate of drug-likeness (QED) is 0.353. The summed E-state index contributed by atoms with van der Waals surface area (Å²) in [6, 6.07) is 18.1. The maximum absolute atomic E-state index is 10.4. The molecule has 2 atom stereocenters. The van der Waals surface area contributed by atoms with Crippen molar-refractivity contribution in [3.8, 4) is 5.75 Å². The lowest BCUT2D eigenvalue weighted by Crippen LogP contribution is -2.39. The average molecular weight is 511 g/mol. The van der Waals surface area contributed by atoms with Crippen LogP contribution in [0.15, 0.2) is 71.2 Å². The highest BCUT2D eigenvalue weighted by atomic mass is 79.9. The lowest BCUT2D eigenvalue weighted by molar-refractivity contribution is 0.419. The van der Waals surface area contributed by atoms with E-state index in [-0.39, 0.29) is 18.0 Å². The van der Waals surface area contributed by atoms with Gasteiger partial charge in [-0.3, -0.25) is 5.32 Å². The monoisotopic (exact) mass is 508 g/mol. The van der Waals surface area contributed by atoms with Gasteiger partial charge in [0.15, 0.2) is 0 Å². The zero-order valence-corrected chi connectivity index (χ0v) is 18.8. The molecule has 0 bridgehead atoms. The van der Waals surface area contributed by atoms with Crippen molar-refractivity contribution in [1.29, 1.82) is 0 Å². The Morgan fingerprint density at radius 3 is 2.38 bits per heavy atom. The molecule has 29 heavy (non-hydrogen) atoms. The Labute approximate surface area is 192 Å². The topological polar surface area (TPSA) is 44.3 Å². The summed E-state index contributed by atoms with van der Waals surface area (Å²) in [5, 5.41) is 19.1. The Bertz CT molecular complexity index is 1100. The second-order valence-electron chi connectivity index (χ2n) is 6.68. The first-order valence-corrected chi connectivity index (χ1v) is 10.8. The number of rotatable bonds is 3. The second-order valence-corrected chi connectivity index (χ2v) is 8.88. The van der Waals surface area contributed by atoms with Gasteiger partial charge < -0.3 is 10.4 Å². The molecule has 3 N–H and O–H groups in total. The van der Waals surface area contributed by atoms with Crippen molar-refractivity contribution in [2.45, 2.75) is 12.2 Å². The maximum Gasteiger partial charge on any atom is 0.120 e. The zero-order valence-electron chi connectivity index (χ0n) is 15.0. The van der Waals surface area contributed by atoms with Crippen LogP contribution < -0.4 is 10.6 Å². The summed E-state index contributed by atoms with van der Waals surface area (Å²) >= 11 is 22.3. The van der Waals surface area contributed by atoms with Crippen LogP contribution in [0.4, 0.5) is 0 Å². The fourth-order valence-corrected chi connectivity index (χ4v) is 4.43. The lowest BCUT2D eigenvalue weighted by Gasteiger charge is -2.34. The fourth-order valence-electron chi connectivity index (χ4n) is 3.33. The predicted octanol–water partition coefficient (Wildman–Crippen LogP) is 7.09. The van der Waals surface area contributed by atoms with Crippen LogP contribution in [0.25, 0.3) is 5.70 Å². The van der Waals surface area contributed by atoms with Gasteiger partial charge in [-0.25, -0.2) is 0 Å². The van der Waals surface area contributed by atoms with Crippen LogP contribution in [0.3, 0.4) is 0 Å². The standard InChI is InChI=1S/C22H16BrCl3N2O/c23-13-3-1-2-12(8-13)19-11-20(17-9-14(24)5-7-21(17)29)28-22(27-19)16-6-4-15(25)10-18(16)26/h1-11,20,22,27-29H. The number of hydrogen-bond acceptors (Lipinski definition) is 3. The molecule has 1 aliphatic rings. The summed E-state index contributed by atoms with van der Waals surface area (Å²) in [6.07, 6.45) is 1.72. The largest absolute Gasteiger partial charge is 0.508 e. The molecule has 4 rings (SSSR count). The van der Waals surface area contributed by atoms with Crippen molar-refractivity contribution in [1.82, 2.24) is 10.6 Å². The number of phenolic OH excluding ortho intramolecular Hbond substituents is 1. The number of halogens is 4. The first-order valence-electron chi connectivity index (χ1n) is 8.84. The van der Waals surface area contributed by atoms with E-state index in [0.717, 1.165) is 21.3 Å². The van der Waals surface area contributed by atoms with Crippen LogP contribution in [-0.4, -0.2) is 5.11 Å². The number of hydrogen-bond donors (Lipinski definition) is 3. The summed E-state index contributed by atoms with van der Waals surface area (Å²) in [7, 11) is 0. The van der Waals surface area contributed by atoms with E-state index in [9.17, 15) is 5.11 Å². The Morgan fingerprint density at radius 2 is 1.62 bits per heavy atom. The molecule has 148 valence electrons. The van der Waals surface area contributed by atoms with Crippen LogP contribution in [0.5, 0.6) is 5.75 Å². The van der Waals surface area contributed by atoms with Crippen molar-refractivity contribution in [2.24, 2.45) is 0 Å². The molecule has 3 nitrogen and oxygen atoms in total. The molecule has 7 heteroatoms. The molecule has 3 aromatic rings. The van der Waals surface area contributed by atoms with Gasteiger partial charge >= 0.3 is 0 Å². The van der Waals surface area contributed by atoms with Gasteiger partial charge in [-0.05, 0) is 54.1 Å². The first kappa shape index (κ1) is 20.6. The SMILES string of the molecule is Oc1ccc(Cl)cc1C1C=C(c2cccc(Br)c2)NC(c2ccc(Cl)cc2Cl)N1. The number of nitrogens with one attached hydrogen (secondary N) is 2. The van der Waals surface area contributed by atoms with E-state index in [1.165, 1.54) is 0 Å². The van der Waals surface area contributed by atoms with Crippen molar-refractivity contribution in [2.75, 3.05) is 0 Å². The molecular formula is C22H16BrCl3N2O. The molecule has 0 amide bonds. The molecule has 2 unspecified atom stereocenters. The highest BCUT2D eigenvalue weighted by molar-refractivity contribution is 9.10. The fraction of sp³-hybridized carbons (Fsp3) is 0.0909. The van der Waals surface area contributed by atoms with Gasteiger partial charge in [-0.15, -0.1) is 0 Å². The molecule has 0 fully saturated rings. The highest BCUT2D eigenvalue weighted by Crippen LogP contribution is 2.36. The van der Waals surface area contributed by atoms with E-state index < -0.39 is 0 Å². The summed E-state index contributed by atoms with van der Waals surface area (Å²) in [5.41, 5.74) is 3.44. The van der Waals surface area contributed by atoms with Crippen LogP contribution in [0, 0.1) is 0 Å². The molecule has 1 aliphatic heterocycles. The van der Waals surface area contributed by atoms with Crippen LogP contribution in [0.2, 0.25) is 15.1 Å².